The van der Waals surface area contributed by atoms with Crippen LogP contribution in [0.15, 0.2) is 41.5 Å². The van der Waals surface area contributed by atoms with Gasteiger partial charge in [0.2, 0.25) is 5.91 Å². The van der Waals surface area contributed by atoms with Gasteiger partial charge in [-0.15, -0.1) is 0 Å². The number of rotatable bonds is 6. The molecule has 0 aliphatic carbocycles. The van der Waals surface area contributed by atoms with Gasteiger partial charge in [0.25, 0.3) is 5.69 Å². The van der Waals surface area contributed by atoms with Crippen LogP contribution in [0.4, 0.5) is 5.69 Å². The van der Waals surface area contributed by atoms with Gasteiger partial charge in [-0.25, -0.2) is 5.43 Å². The van der Waals surface area contributed by atoms with Crippen molar-refractivity contribution in [2.75, 3.05) is 7.11 Å². The zero-order chi connectivity index (χ0) is 18.4. The minimum absolute atomic E-state index is 0.0228. The fraction of sp³-hybridized carbons (Fsp3) is 0.125. The number of phenolic OH excluding ortho intramolecular Hbond substituents is 1. The first-order chi connectivity index (χ1) is 11.9. The summed E-state index contributed by atoms with van der Waals surface area (Å²) in [5.41, 5.74) is 3.44. The molecule has 0 fully saturated rings. The number of methoxy groups -OCH3 is 1. The van der Waals surface area contributed by atoms with Crippen LogP contribution in [0.2, 0.25) is 5.02 Å². The van der Waals surface area contributed by atoms with E-state index in [0.29, 0.717) is 11.1 Å². The maximum atomic E-state index is 11.8. The third-order valence-corrected chi connectivity index (χ3v) is 3.47. The Morgan fingerprint density at radius 3 is 2.68 bits per heavy atom. The molecular weight excluding hydrogens is 350 g/mol. The van der Waals surface area contributed by atoms with Crippen molar-refractivity contribution in [3.8, 4) is 11.5 Å². The normalized spacial score (nSPS) is 10.6. The molecule has 0 bridgehead atoms. The lowest BCUT2D eigenvalue weighted by Crippen LogP contribution is -2.19. The quantitative estimate of drug-likeness (QED) is 0.465. The van der Waals surface area contributed by atoms with E-state index in [1.165, 1.54) is 49.7 Å². The molecule has 0 heterocycles. The van der Waals surface area contributed by atoms with Crippen LogP contribution in [-0.2, 0) is 11.2 Å². The maximum Gasteiger partial charge on any atom is 0.269 e. The number of hydrogen-bond acceptors (Lipinski definition) is 6. The lowest BCUT2D eigenvalue weighted by molar-refractivity contribution is -0.384. The lowest BCUT2D eigenvalue weighted by atomic mass is 10.1. The van der Waals surface area contributed by atoms with Gasteiger partial charge in [0.05, 0.1) is 29.7 Å². The van der Waals surface area contributed by atoms with E-state index in [2.05, 4.69) is 10.5 Å². The number of benzene rings is 2. The lowest BCUT2D eigenvalue weighted by Gasteiger charge is -2.06. The van der Waals surface area contributed by atoms with E-state index in [4.69, 9.17) is 16.3 Å². The number of ether oxygens (including phenoxy) is 1. The molecular formula is C16H14ClN3O5. The summed E-state index contributed by atoms with van der Waals surface area (Å²) in [5, 5.41) is 24.1. The summed E-state index contributed by atoms with van der Waals surface area (Å²) < 4.78 is 4.97. The average Bonchev–Trinajstić information content (AvgIpc) is 2.58. The minimum atomic E-state index is -0.509. The van der Waals surface area contributed by atoms with Crippen molar-refractivity contribution in [3.63, 3.8) is 0 Å². The number of nitrogens with one attached hydrogen (secondary N) is 1. The zero-order valence-corrected chi connectivity index (χ0v) is 13.9. The van der Waals surface area contributed by atoms with E-state index in [9.17, 15) is 20.0 Å². The molecule has 0 radical (unpaired) electrons. The maximum absolute atomic E-state index is 11.8. The molecule has 8 nitrogen and oxygen atoms in total. The van der Waals surface area contributed by atoms with Crippen LogP contribution in [0, 0.1) is 10.1 Å². The van der Waals surface area contributed by atoms with E-state index in [0.717, 1.165) is 0 Å². The molecule has 0 unspecified atom stereocenters. The van der Waals surface area contributed by atoms with Crippen LogP contribution in [0.3, 0.4) is 0 Å². The number of phenols is 1. The van der Waals surface area contributed by atoms with Crippen LogP contribution in [0.1, 0.15) is 11.1 Å². The highest BCUT2D eigenvalue weighted by molar-refractivity contribution is 6.32. The fourth-order valence-electron chi connectivity index (χ4n) is 1.96. The molecule has 2 aromatic carbocycles. The SMILES string of the molecule is COc1cc(/C=N\NC(=O)Cc2ccc([N+](=O)[O-])cc2)cc(Cl)c1O. The van der Waals surface area contributed by atoms with E-state index >= 15 is 0 Å². The second kappa shape index (κ2) is 8.11. The number of carbonyl (C=O) groups excluding carboxylic acids is 1. The van der Waals surface area contributed by atoms with Gasteiger partial charge in [0.1, 0.15) is 0 Å². The summed E-state index contributed by atoms with van der Waals surface area (Å²) >= 11 is 5.85. The van der Waals surface area contributed by atoms with E-state index in [1.807, 2.05) is 0 Å². The molecule has 0 saturated carbocycles. The topological polar surface area (TPSA) is 114 Å². The molecule has 1 amide bonds. The van der Waals surface area contributed by atoms with Crippen molar-refractivity contribution in [2.24, 2.45) is 5.10 Å². The Labute approximate surface area is 147 Å². The van der Waals surface area contributed by atoms with Gasteiger partial charge in [-0.3, -0.25) is 14.9 Å². The molecule has 0 spiro atoms. The van der Waals surface area contributed by atoms with Crippen LogP contribution < -0.4 is 10.2 Å². The zero-order valence-electron chi connectivity index (χ0n) is 13.1. The van der Waals surface area contributed by atoms with E-state index in [1.54, 1.807) is 0 Å². The van der Waals surface area contributed by atoms with E-state index < -0.39 is 4.92 Å². The number of carbonyl (C=O) groups is 1. The van der Waals surface area contributed by atoms with Crippen LogP contribution in [0.5, 0.6) is 11.5 Å². The predicted octanol–water partition coefficient (Wildman–Crippen LogP) is 2.66. The molecule has 2 aromatic rings. The first kappa shape index (κ1) is 18.2. The molecule has 2 rings (SSSR count). The molecule has 0 atom stereocenters. The summed E-state index contributed by atoms with van der Waals surface area (Å²) in [6.07, 6.45) is 1.37. The number of amides is 1. The number of aromatic hydroxyl groups is 1. The number of non-ortho nitro benzene ring substituents is 1. The van der Waals surface area contributed by atoms with Crippen molar-refractivity contribution in [3.05, 3.63) is 62.7 Å². The number of nitrogens with zero attached hydrogens (tertiary/aromatic N) is 2. The van der Waals surface area contributed by atoms with Crippen LogP contribution >= 0.6 is 11.6 Å². The predicted molar refractivity (Wildman–Crippen MR) is 92.2 cm³/mol. The molecule has 0 aliphatic rings. The van der Waals surface area contributed by atoms with Gasteiger partial charge in [0.15, 0.2) is 11.5 Å². The molecule has 25 heavy (non-hydrogen) atoms. The first-order valence-electron chi connectivity index (χ1n) is 7.02. The van der Waals surface area contributed by atoms with Crippen molar-refractivity contribution in [2.45, 2.75) is 6.42 Å². The van der Waals surface area contributed by atoms with Gasteiger partial charge in [-0.05, 0) is 23.3 Å². The van der Waals surface area contributed by atoms with Crippen molar-refractivity contribution < 1.29 is 19.6 Å². The second-order valence-electron chi connectivity index (χ2n) is 4.95. The Morgan fingerprint density at radius 1 is 1.40 bits per heavy atom. The summed E-state index contributed by atoms with van der Waals surface area (Å²) in [5.74, 6) is -0.378. The third kappa shape index (κ3) is 4.92. The Bertz CT molecular complexity index is 821. The smallest absolute Gasteiger partial charge is 0.269 e. The first-order valence-corrected chi connectivity index (χ1v) is 7.40. The van der Waals surface area contributed by atoms with Crippen LogP contribution in [-0.4, -0.2) is 29.3 Å². The van der Waals surface area contributed by atoms with E-state index in [-0.39, 0.29) is 34.5 Å². The Hall–Kier alpha value is -3.13. The van der Waals surface area contributed by atoms with Gasteiger partial charge in [-0.1, -0.05) is 23.7 Å². The van der Waals surface area contributed by atoms with Gasteiger partial charge in [0, 0.05) is 12.1 Å². The minimum Gasteiger partial charge on any atom is -0.503 e. The fourth-order valence-corrected chi connectivity index (χ4v) is 2.18. The van der Waals surface area contributed by atoms with Crippen molar-refractivity contribution in [1.29, 1.82) is 0 Å². The molecule has 0 aromatic heterocycles. The Kier molecular flexibility index (Phi) is 5.91. The number of hydrazone groups is 1. The molecule has 9 heteroatoms. The molecule has 0 saturated heterocycles. The highest BCUT2D eigenvalue weighted by Crippen LogP contribution is 2.34. The average molecular weight is 364 g/mol. The van der Waals surface area contributed by atoms with Crippen LogP contribution in [0.25, 0.3) is 0 Å². The molecule has 0 aliphatic heterocycles. The standard InChI is InChI=1S/C16H14ClN3O5/c1-25-14-7-11(6-13(17)16(14)22)9-18-19-15(21)8-10-2-4-12(5-3-10)20(23)24/h2-7,9,22H,8H2,1H3,(H,19,21)/b18-9-. The van der Waals surface area contributed by atoms with Crippen molar-refractivity contribution in [1.82, 2.24) is 5.43 Å². The number of nitro benzene ring substituents is 1. The summed E-state index contributed by atoms with van der Waals surface area (Å²) in [4.78, 5) is 21.9. The molecule has 2 N–H and O–H groups in total. The van der Waals surface area contributed by atoms with Crippen molar-refractivity contribution >= 4 is 29.4 Å². The Balaban J connectivity index is 1.96. The summed E-state index contributed by atoms with van der Waals surface area (Å²) in [6, 6.07) is 8.64. The van der Waals surface area contributed by atoms with Gasteiger partial charge >= 0.3 is 0 Å². The number of nitro groups is 1. The number of halogens is 1. The monoisotopic (exact) mass is 363 g/mol. The highest BCUT2D eigenvalue weighted by Gasteiger charge is 2.09. The largest absolute Gasteiger partial charge is 0.503 e. The van der Waals surface area contributed by atoms with Gasteiger partial charge < -0.3 is 9.84 Å². The second-order valence-corrected chi connectivity index (χ2v) is 5.35. The summed E-state index contributed by atoms with van der Waals surface area (Å²) in [7, 11) is 1.39. The highest BCUT2D eigenvalue weighted by atomic mass is 35.5. The molecule has 130 valence electrons. The summed E-state index contributed by atoms with van der Waals surface area (Å²) in [6.45, 7) is 0. The third-order valence-electron chi connectivity index (χ3n) is 3.19. The van der Waals surface area contributed by atoms with Gasteiger partial charge in [-0.2, -0.15) is 5.10 Å². The number of hydrogen-bond donors (Lipinski definition) is 2. The Morgan fingerprint density at radius 2 is 2.08 bits per heavy atom.